The van der Waals surface area contributed by atoms with Crippen molar-refractivity contribution in [2.45, 2.75) is 33.1 Å². The van der Waals surface area contributed by atoms with Crippen LogP contribution in [0.3, 0.4) is 0 Å². The van der Waals surface area contributed by atoms with Gasteiger partial charge in [-0.2, -0.15) is 0 Å². The van der Waals surface area contributed by atoms with Crippen LogP contribution in [0.1, 0.15) is 33.1 Å². The first-order valence-corrected chi connectivity index (χ1v) is 4.71. The first kappa shape index (κ1) is 9.53. The van der Waals surface area contributed by atoms with Crippen molar-refractivity contribution >= 4 is 0 Å². The van der Waals surface area contributed by atoms with Gasteiger partial charge >= 0.3 is 0 Å². The summed E-state index contributed by atoms with van der Waals surface area (Å²) in [5, 5.41) is 8.69. The van der Waals surface area contributed by atoms with Crippen molar-refractivity contribution in [3.05, 3.63) is 23.3 Å². The van der Waals surface area contributed by atoms with Crippen LogP contribution in [0.2, 0.25) is 0 Å². The number of rotatable bonds is 3. The van der Waals surface area contributed by atoms with Gasteiger partial charge in [0.2, 0.25) is 0 Å². The molecule has 0 amide bonds. The molecule has 12 heavy (non-hydrogen) atoms. The minimum absolute atomic E-state index is 0.314. The molecule has 1 unspecified atom stereocenters. The zero-order chi connectivity index (χ0) is 8.97. The lowest BCUT2D eigenvalue weighted by Gasteiger charge is -2.16. The molecule has 0 saturated carbocycles. The van der Waals surface area contributed by atoms with E-state index in [2.05, 4.69) is 26.0 Å². The van der Waals surface area contributed by atoms with Gasteiger partial charge in [0.1, 0.15) is 0 Å². The van der Waals surface area contributed by atoms with Gasteiger partial charge in [0, 0.05) is 6.61 Å². The van der Waals surface area contributed by atoms with Crippen molar-refractivity contribution in [3.8, 4) is 0 Å². The molecule has 1 atom stereocenters. The molecule has 0 aromatic heterocycles. The topological polar surface area (TPSA) is 20.2 Å². The van der Waals surface area contributed by atoms with Crippen LogP contribution in [0.25, 0.3) is 0 Å². The molecule has 0 aliphatic heterocycles. The molecule has 0 heterocycles. The fourth-order valence-electron chi connectivity index (χ4n) is 1.83. The average molecular weight is 166 g/mol. The van der Waals surface area contributed by atoms with E-state index in [1.807, 2.05) is 0 Å². The molecule has 0 aromatic rings. The van der Waals surface area contributed by atoms with E-state index in [0.29, 0.717) is 12.5 Å². The van der Waals surface area contributed by atoms with Crippen molar-refractivity contribution in [3.63, 3.8) is 0 Å². The molecule has 68 valence electrons. The monoisotopic (exact) mass is 166 g/mol. The highest BCUT2D eigenvalue weighted by atomic mass is 16.2. The lowest BCUT2D eigenvalue weighted by molar-refractivity contribution is 0.287. The number of allylic oxidation sites excluding steroid dienone is 4. The minimum atomic E-state index is 0.314. The zero-order valence-electron chi connectivity index (χ0n) is 8.01. The van der Waals surface area contributed by atoms with Crippen LogP contribution in [0.15, 0.2) is 23.3 Å². The van der Waals surface area contributed by atoms with Crippen molar-refractivity contribution in [2.75, 3.05) is 6.61 Å². The van der Waals surface area contributed by atoms with Crippen molar-refractivity contribution in [1.82, 2.24) is 0 Å². The van der Waals surface area contributed by atoms with Crippen LogP contribution in [0.5, 0.6) is 0 Å². The Morgan fingerprint density at radius 2 is 2.33 bits per heavy atom. The molecule has 1 heteroatoms. The SMILES string of the molecule is CC1=CC(C)CC(CCCO)=C1. The van der Waals surface area contributed by atoms with E-state index in [-0.39, 0.29) is 0 Å². The maximum atomic E-state index is 8.69. The molecule has 0 bridgehead atoms. The Balaban J connectivity index is 2.49. The summed E-state index contributed by atoms with van der Waals surface area (Å²) in [4.78, 5) is 0. The quantitative estimate of drug-likeness (QED) is 0.683. The van der Waals surface area contributed by atoms with E-state index in [4.69, 9.17) is 5.11 Å². The Bertz CT molecular complexity index is 201. The summed E-state index contributed by atoms with van der Waals surface area (Å²) in [6.45, 7) is 4.71. The second kappa shape index (κ2) is 4.46. The lowest BCUT2D eigenvalue weighted by Crippen LogP contribution is -2.01. The lowest BCUT2D eigenvalue weighted by atomic mass is 9.90. The van der Waals surface area contributed by atoms with Crippen LogP contribution in [-0.4, -0.2) is 11.7 Å². The highest BCUT2D eigenvalue weighted by Crippen LogP contribution is 2.24. The first-order valence-electron chi connectivity index (χ1n) is 4.71. The highest BCUT2D eigenvalue weighted by Gasteiger charge is 2.08. The Morgan fingerprint density at radius 3 is 2.92 bits per heavy atom. The molecule has 0 spiro atoms. The third-order valence-electron chi connectivity index (χ3n) is 2.22. The van der Waals surface area contributed by atoms with Gasteiger partial charge in [-0.05, 0) is 32.1 Å². The van der Waals surface area contributed by atoms with Crippen molar-refractivity contribution in [2.24, 2.45) is 5.92 Å². The Labute approximate surface area is 74.8 Å². The molecule has 0 aromatic carbocycles. The molecule has 1 aliphatic carbocycles. The van der Waals surface area contributed by atoms with Gasteiger partial charge in [-0.15, -0.1) is 0 Å². The average Bonchev–Trinajstić information content (AvgIpc) is 1.99. The highest BCUT2D eigenvalue weighted by molar-refractivity contribution is 5.27. The summed E-state index contributed by atoms with van der Waals surface area (Å²) in [6, 6.07) is 0. The first-order chi connectivity index (χ1) is 5.72. The summed E-state index contributed by atoms with van der Waals surface area (Å²) >= 11 is 0. The Hall–Kier alpha value is -0.560. The maximum Gasteiger partial charge on any atom is 0.0434 e. The number of aliphatic hydroxyl groups is 1. The third-order valence-corrected chi connectivity index (χ3v) is 2.22. The molecule has 0 fully saturated rings. The number of hydrogen-bond acceptors (Lipinski definition) is 1. The fraction of sp³-hybridized carbons (Fsp3) is 0.636. The summed E-state index contributed by atoms with van der Waals surface area (Å²) < 4.78 is 0. The van der Waals surface area contributed by atoms with Crippen LogP contribution >= 0.6 is 0 Å². The molecule has 1 rings (SSSR count). The van der Waals surface area contributed by atoms with Gasteiger partial charge in [0.05, 0.1) is 0 Å². The van der Waals surface area contributed by atoms with Gasteiger partial charge in [0.15, 0.2) is 0 Å². The molecule has 0 radical (unpaired) electrons. The minimum Gasteiger partial charge on any atom is -0.396 e. The largest absolute Gasteiger partial charge is 0.396 e. The molecule has 1 nitrogen and oxygen atoms in total. The fourth-order valence-corrected chi connectivity index (χ4v) is 1.83. The molecular weight excluding hydrogens is 148 g/mol. The standard InChI is InChI=1S/C11H18O/c1-9-6-10(2)8-11(7-9)4-3-5-12/h6-7,10,12H,3-5,8H2,1-2H3. The van der Waals surface area contributed by atoms with Gasteiger partial charge in [-0.1, -0.05) is 30.2 Å². The van der Waals surface area contributed by atoms with Crippen LogP contribution in [0, 0.1) is 5.92 Å². The molecule has 0 saturated heterocycles. The van der Waals surface area contributed by atoms with Crippen molar-refractivity contribution in [1.29, 1.82) is 0 Å². The summed E-state index contributed by atoms with van der Waals surface area (Å²) in [6.07, 6.45) is 7.72. The predicted octanol–water partition coefficient (Wildman–Crippen LogP) is 2.67. The molecular formula is C11H18O. The van der Waals surface area contributed by atoms with Crippen LogP contribution < -0.4 is 0 Å². The van der Waals surface area contributed by atoms with Crippen LogP contribution in [-0.2, 0) is 0 Å². The van der Waals surface area contributed by atoms with Gasteiger partial charge in [-0.25, -0.2) is 0 Å². The van der Waals surface area contributed by atoms with E-state index in [0.717, 1.165) is 12.8 Å². The second-order valence-corrected chi connectivity index (χ2v) is 3.72. The Kier molecular flexibility index (Phi) is 3.54. The van der Waals surface area contributed by atoms with E-state index >= 15 is 0 Å². The third kappa shape index (κ3) is 2.82. The van der Waals surface area contributed by atoms with Gasteiger partial charge in [-0.3, -0.25) is 0 Å². The van der Waals surface area contributed by atoms with Gasteiger partial charge in [0.25, 0.3) is 0 Å². The predicted molar refractivity (Wildman–Crippen MR) is 51.9 cm³/mol. The maximum absolute atomic E-state index is 8.69. The second-order valence-electron chi connectivity index (χ2n) is 3.72. The van der Waals surface area contributed by atoms with E-state index < -0.39 is 0 Å². The van der Waals surface area contributed by atoms with Crippen molar-refractivity contribution < 1.29 is 5.11 Å². The van der Waals surface area contributed by atoms with Gasteiger partial charge < -0.3 is 5.11 Å². The smallest absolute Gasteiger partial charge is 0.0434 e. The van der Waals surface area contributed by atoms with E-state index in [1.165, 1.54) is 17.6 Å². The number of aliphatic hydroxyl groups excluding tert-OH is 1. The zero-order valence-corrected chi connectivity index (χ0v) is 8.01. The number of hydrogen-bond donors (Lipinski definition) is 1. The molecule has 1 N–H and O–H groups in total. The summed E-state index contributed by atoms with van der Waals surface area (Å²) in [7, 11) is 0. The van der Waals surface area contributed by atoms with E-state index in [9.17, 15) is 0 Å². The normalized spacial score (nSPS) is 23.4. The summed E-state index contributed by atoms with van der Waals surface area (Å²) in [5.41, 5.74) is 2.87. The Morgan fingerprint density at radius 1 is 1.58 bits per heavy atom. The van der Waals surface area contributed by atoms with E-state index in [1.54, 1.807) is 0 Å². The van der Waals surface area contributed by atoms with Crippen LogP contribution in [0.4, 0.5) is 0 Å². The summed E-state index contributed by atoms with van der Waals surface area (Å²) in [5.74, 6) is 0.684. The molecule has 1 aliphatic rings.